The molecule has 2 aromatic carbocycles. The van der Waals surface area contributed by atoms with E-state index in [1.807, 2.05) is 12.1 Å². The van der Waals surface area contributed by atoms with Crippen molar-refractivity contribution in [2.75, 3.05) is 6.54 Å². The van der Waals surface area contributed by atoms with E-state index in [0.29, 0.717) is 36.7 Å². The third-order valence-corrected chi connectivity index (χ3v) is 5.89. The number of hydrogen-bond acceptors (Lipinski definition) is 6. The Bertz CT molecular complexity index is 1370. The molecule has 1 aliphatic heterocycles. The first-order valence-corrected chi connectivity index (χ1v) is 10.8. The van der Waals surface area contributed by atoms with Gasteiger partial charge in [0.1, 0.15) is 11.5 Å². The van der Waals surface area contributed by atoms with E-state index >= 15 is 0 Å². The van der Waals surface area contributed by atoms with E-state index in [1.54, 1.807) is 18.3 Å². The summed E-state index contributed by atoms with van der Waals surface area (Å²) in [7, 11) is 0. The predicted octanol–water partition coefficient (Wildman–Crippen LogP) is 5.89. The number of non-ortho nitro benzene ring substituents is 1. The lowest BCUT2D eigenvalue weighted by atomic mass is 10.1. The molecule has 0 aliphatic carbocycles. The number of fused-ring (bicyclic) bond motifs is 1. The van der Waals surface area contributed by atoms with E-state index in [2.05, 4.69) is 14.9 Å². The van der Waals surface area contributed by atoms with Crippen LogP contribution in [0.1, 0.15) is 22.6 Å². The molecule has 0 saturated carbocycles. The van der Waals surface area contributed by atoms with Crippen molar-refractivity contribution in [3.05, 3.63) is 99.6 Å². The van der Waals surface area contributed by atoms with Crippen molar-refractivity contribution in [3.8, 4) is 22.7 Å². The van der Waals surface area contributed by atoms with Crippen molar-refractivity contribution in [2.45, 2.75) is 25.7 Å². The molecule has 2 aromatic heterocycles. The summed E-state index contributed by atoms with van der Waals surface area (Å²) in [5.41, 5.74) is 2.47. The Morgan fingerprint density at radius 3 is 2.40 bits per heavy atom. The van der Waals surface area contributed by atoms with Gasteiger partial charge < -0.3 is 4.42 Å². The quantitative estimate of drug-likeness (QED) is 0.262. The Morgan fingerprint density at radius 1 is 1.00 bits per heavy atom. The Kier molecular flexibility index (Phi) is 5.81. The smallest absolute Gasteiger partial charge is 0.416 e. The third-order valence-electron chi connectivity index (χ3n) is 5.89. The van der Waals surface area contributed by atoms with Crippen molar-refractivity contribution < 1.29 is 22.5 Å². The Balaban J connectivity index is 1.25. The highest BCUT2D eigenvalue weighted by Crippen LogP contribution is 2.31. The predicted molar refractivity (Wildman–Crippen MR) is 121 cm³/mol. The molecule has 10 heteroatoms. The fourth-order valence-electron chi connectivity index (χ4n) is 4.04. The molecule has 0 spiro atoms. The molecule has 7 nitrogen and oxygen atoms in total. The molecule has 1 aliphatic rings. The molecule has 0 fully saturated rings. The fourth-order valence-corrected chi connectivity index (χ4v) is 4.04. The van der Waals surface area contributed by atoms with E-state index in [-0.39, 0.29) is 5.69 Å². The lowest BCUT2D eigenvalue weighted by Crippen LogP contribution is -2.30. The van der Waals surface area contributed by atoms with Crippen molar-refractivity contribution in [3.63, 3.8) is 0 Å². The number of furan rings is 1. The van der Waals surface area contributed by atoms with Crippen LogP contribution in [0.15, 0.2) is 71.3 Å². The van der Waals surface area contributed by atoms with Gasteiger partial charge in [-0.25, -0.2) is 9.97 Å². The molecule has 35 heavy (non-hydrogen) atoms. The van der Waals surface area contributed by atoms with Crippen molar-refractivity contribution in [1.82, 2.24) is 14.9 Å². The van der Waals surface area contributed by atoms with Gasteiger partial charge in [-0.2, -0.15) is 13.2 Å². The minimum absolute atomic E-state index is 0.0243. The van der Waals surface area contributed by atoms with Crippen molar-refractivity contribution in [1.29, 1.82) is 0 Å². The van der Waals surface area contributed by atoms with Gasteiger partial charge in [0.25, 0.3) is 5.69 Å². The third kappa shape index (κ3) is 4.92. The topological polar surface area (TPSA) is 85.3 Å². The first kappa shape index (κ1) is 22.7. The van der Waals surface area contributed by atoms with Crippen LogP contribution in [0.4, 0.5) is 18.9 Å². The Hall–Kier alpha value is -4.05. The molecule has 0 bridgehead atoms. The molecule has 0 unspecified atom stereocenters. The number of nitro groups is 1. The molecule has 0 atom stereocenters. The van der Waals surface area contributed by atoms with E-state index in [9.17, 15) is 23.3 Å². The van der Waals surface area contributed by atoms with Gasteiger partial charge in [0.05, 0.1) is 22.7 Å². The van der Waals surface area contributed by atoms with Gasteiger partial charge in [-0.3, -0.25) is 15.0 Å². The van der Waals surface area contributed by atoms with Crippen LogP contribution in [0.25, 0.3) is 22.7 Å². The highest BCUT2D eigenvalue weighted by atomic mass is 19.4. The molecule has 0 amide bonds. The molecule has 0 saturated heterocycles. The van der Waals surface area contributed by atoms with Crippen molar-refractivity contribution >= 4 is 5.69 Å². The van der Waals surface area contributed by atoms with Gasteiger partial charge in [0.2, 0.25) is 0 Å². The number of nitrogens with zero attached hydrogens (tertiary/aromatic N) is 4. The van der Waals surface area contributed by atoms with E-state index in [1.165, 1.54) is 24.3 Å². The van der Waals surface area contributed by atoms with Gasteiger partial charge in [0, 0.05) is 54.5 Å². The van der Waals surface area contributed by atoms with E-state index < -0.39 is 16.7 Å². The zero-order chi connectivity index (χ0) is 24.6. The maximum atomic E-state index is 12.8. The van der Waals surface area contributed by atoms with Crippen LogP contribution in [0.2, 0.25) is 0 Å². The van der Waals surface area contributed by atoms with Crippen LogP contribution in [0.3, 0.4) is 0 Å². The zero-order valence-electron chi connectivity index (χ0n) is 18.3. The lowest BCUT2D eigenvalue weighted by Gasteiger charge is -2.27. The molecule has 4 aromatic rings. The summed E-state index contributed by atoms with van der Waals surface area (Å²) in [6, 6.07) is 14.8. The second kappa shape index (κ2) is 8.95. The van der Waals surface area contributed by atoms with Gasteiger partial charge in [-0.1, -0.05) is 12.1 Å². The molecule has 178 valence electrons. The first-order valence-electron chi connectivity index (χ1n) is 10.8. The average Bonchev–Trinajstić information content (AvgIpc) is 3.32. The van der Waals surface area contributed by atoms with Crippen LogP contribution >= 0.6 is 0 Å². The molecule has 0 N–H and O–H groups in total. The van der Waals surface area contributed by atoms with E-state index in [0.717, 1.165) is 41.3 Å². The van der Waals surface area contributed by atoms with Crippen LogP contribution in [0.5, 0.6) is 0 Å². The summed E-state index contributed by atoms with van der Waals surface area (Å²) in [6.07, 6.45) is -1.97. The average molecular weight is 480 g/mol. The fraction of sp³-hybridized carbons (Fsp3) is 0.200. The number of aromatic nitrogens is 2. The SMILES string of the molecule is O=[N+]([O-])c1ccc(-c2ccc(CN3CCc4nc(-c5ccc(C(F)(F)F)cc5)ncc4C3)o2)cc1. The highest BCUT2D eigenvalue weighted by Gasteiger charge is 2.30. The molecule has 0 radical (unpaired) electrons. The lowest BCUT2D eigenvalue weighted by molar-refractivity contribution is -0.384. The molecule has 3 heterocycles. The minimum Gasteiger partial charge on any atom is -0.460 e. The standard InChI is InChI=1S/C25H19F3N4O3/c26-25(27,28)19-5-1-17(2-6-19)24-29-13-18-14-31(12-11-22(18)30-24)15-21-9-10-23(35-21)16-3-7-20(8-4-16)32(33)34/h1-10,13H,11-12,14-15H2. The number of nitro benzene ring substituents is 1. The minimum atomic E-state index is -4.38. The normalized spacial score (nSPS) is 14.0. The second-order valence-corrected chi connectivity index (χ2v) is 8.27. The Labute approximate surface area is 198 Å². The summed E-state index contributed by atoms with van der Waals surface area (Å²) in [5, 5.41) is 10.8. The number of hydrogen-bond donors (Lipinski definition) is 0. The maximum Gasteiger partial charge on any atom is 0.416 e. The largest absolute Gasteiger partial charge is 0.460 e. The summed E-state index contributed by atoms with van der Waals surface area (Å²) in [4.78, 5) is 21.5. The molecular weight excluding hydrogens is 461 g/mol. The van der Waals surface area contributed by atoms with E-state index in [4.69, 9.17) is 4.42 Å². The van der Waals surface area contributed by atoms with Gasteiger partial charge in [-0.15, -0.1) is 0 Å². The van der Waals surface area contributed by atoms with Gasteiger partial charge in [0.15, 0.2) is 5.82 Å². The van der Waals surface area contributed by atoms with Crippen molar-refractivity contribution in [2.24, 2.45) is 0 Å². The van der Waals surface area contributed by atoms with Crippen LogP contribution < -0.4 is 0 Å². The van der Waals surface area contributed by atoms with Gasteiger partial charge >= 0.3 is 6.18 Å². The zero-order valence-corrected chi connectivity index (χ0v) is 18.3. The monoisotopic (exact) mass is 480 g/mol. The summed E-state index contributed by atoms with van der Waals surface area (Å²) >= 11 is 0. The van der Waals surface area contributed by atoms with Crippen LogP contribution in [-0.2, 0) is 25.7 Å². The number of halogens is 3. The Morgan fingerprint density at radius 2 is 1.71 bits per heavy atom. The highest BCUT2D eigenvalue weighted by molar-refractivity contribution is 5.59. The summed E-state index contributed by atoms with van der Waals surface area (Å²) in [5.74, 6) is 1.81. The van der Waals surface area contributed by atoms with Crippen LogP contribution in [0, 0.1) is 10.1 Å². The second-order valence-electron chi connectivity index (χ2n) is 8.27. The first-order chi connectivity index (χ1) is 16.8. The summed E-state index contributed by atoms with van der Waals surface area (Å²) in [6.45, 7) is 1.94. The number of rotatable bonds is 5. The molecule has 5 rings (SSSR count). The number of benzene rings is 2. The summed E-state index contributed by atoms with van der Waals surface area (Å²) < 4.78 is 44.4. The van der Waals surface area contributed by atoms with Gasteiger partial charge in [-0.05, 0) is 36.4 Å². The van der Waals surface area contributed by atoms with Crippen LogP contribution in [-0.4, -0.2) is 26.3 Å². The maximum absolute atomic E-state index is 12.8. The molecular formula is C25H19F3N4O3. The number of alkyl halides is 3.